The van der Waals surface area contributed by atoms with Crippen LogP contribution in [0.15, 0.2) is 6.07 Å². The van der Waals surface area contributed by atoms with E-state index in [1.807, 2.05) is 6.92 Å². The van der Waals surface area contributed by atoms with Crippen molar-refractivity contribution < 1.29 is 14.3 Å². The van der Waals surface area contributed by atoms with E-state index in [0.29, 0.717) is 9.90 Å². The molecule has 0 radical (unpaired) electrons. The van der Waals surface area contributed by atoms with Gasteiger partial charge in [0.1, 0.15) is 10.8 Å². The van der Waals surface area contributed by atoms with Crippen molar-refractivity contribution in [2.24, 2.45) is 0 Å². The Labute approximate surface area is 103 Å². The molecule has 0 saturated carbocycles. The highest BCUT2D eigenvalue weighted by atomic mass is 35.5. The predicted octanol–water partition coefficient (Wildman–Crippen LogP) is 3.10. The lowest BCUT2D eigenvalue weighted by molar-refractivity contribution is -0.141. The molecule has 1 rings (SSSR count). The Hall–Kier alpha value is -0.870. The van der Waals surface area contributed by atoms with Gasteiger partial charge in [-0.1, -0.05) is 18.5 Å². The van der Waals surface area contributed by atoms with Gasteiger partial charge in [0.25, 0.3) is 0 Å². The summed E-state index contributed by atoms with van der Waals surface area (Å²) in [6.07, 6.45) is 0.588. The first-order valence-corrected chi connectivity index (χ1v) is 6.24. The van der Waals surface area contributed by atoms with Gasteiger partial charge < -0.3 is 4.74 Å². The molecule has 88 valence electrons. The van der Waals surface area contributed by atoms with Crippen LogP contribution in [-0.2, 0) is 16.0 Å². The lowest BCUT2D eigenvalue weighted by Gasteiger charge is -1.99. The standard InChI is InChI=1S/C11H13ClO3S/c1-3-7-5-8(11(12)16-7)9(13)6-10(14)15-4-2/h5H,3-4,6H2,1-2H3. The predicted molar refractivity (Wildman–Crippen MR) is 64.3 cm³/mol. The van der Waals surface area contributed by atoms with Gasteiger partial charge in [-0.25, -0.2) is 0 Å². The topological polar surface area (TPSA) is 43.4 Å². The van der Waals surface area contributed by atoms with Crippen LogP contribution in [0.1, 0.15) is 35.5 Å². The summed E-state index contributed by atoms with van der Waals surface area (Å²) in [5.74, 6) is -0.785. The summed E-state index contributed by atoms with van der Waals surface area (Å²) >= 11 is 7.30. The van der Waals surface area contributed by atoms with Crippen molar-refractivity contribution in [3.63, 3.8) is 0 Å². The van der Waals surface area contributed by atoms with Crippen molar-refractivity contribution in [3.8, 4) is 0 Å². The molecule has 0 aromatic carbocycles. The molecule has 0 saturated heterocycles. The molecule has 0 unspecified atom stereocenters. The van der Waals surface area contributed by atoms with Crippen molar-refractivity contribution in [2.45, 2.75) is 26.7 Å². The maximum Gasteiger partial charge on any atom is 0.313 e. The number of carbonyl (C=O) groups excluding carboxylic acids is 2. The number of hydrogen-bond acceptors (Lipinski definition) is 4. The minimum absolute atomic E-state index is 0.243. The van der Waals surface area contributed by atoms with Gasteiger partial charge in [-0.3, -0.25) is 9.59 Å². The summed E-state index contributed by atoms with van der Waals surface area (Å²) in [5, 5.41) is 0. The molecule has 1 heterocycles. The smallest absolute Gasteiger partial charge is 0.313 e. The summed E-state index contributed by atoms with van der Waals surface area (Å²) in [7, 11) is 0. The third-order valence-electron chi connectivity index (χ3n) is 2.00. The number of ketones is 1. The summed E-state index contributed by atoms with van der Waals surface area (Å²) in [4.78, 5) is 23.9. The quantitative estimate of drug-likeness (QED) is 0.464. The zero-order chi connectivity index (χ0) is 12.1. The number of esters is 1. The second kappa shape index (κ2) is 6.01. The maximum absolute atomic E-state index is 11.7. The van der Waals surface area contributed by atoms with Crippen LogP contribution >= 0.6 is 22.9 Å². The van der Waals surface area contributed by atoms with E-state index in [2.05, 4.69) is 0 Å². The van der Waals surface area contributed by atoms with Crippen LogP contribution in [0.2, 0.25) is 4.34 Å². The summed E-state index contributed by atoms with van der Waals surface area (Å²) < 4.78 is 5.16. The van der Waals surface area contributed by atoms with Gasteiger partial charge in [-0.15, -0.1) is 11.3 Å². The Morgan fingerprint density at radius 2 is 2.12 bits per heavy atom. The van der Waals surface area contributed by atoms with E-state index in [9.17, 15) is 9.59 Å². The third kappa shape index (κ3) is 3.32. The number of ether oxygens (including phenoxy) is 1. The van der Waals surface area contributed by atoms with Crippen LogP contribution in [0.5, 0.6) is 0 Å². The van der Waals surface area contributed by atoms with Gasteiger partial charge in [0.05, 0.1) is 6.61 Å². The summed E-state index contributed by atoms with van der Waals surface area (Å²) in [6, 6.07) is 1.74. The highest BCUT2D eigenvalue weighted by molar-refractivity contribution is 7.16. The zero-order valence-electron chi connectivity index (χ0n) is 9.21. The molecule has 0 amide bonds. The van der Waals surface area contributed by atoms with Crippen LogP contribution in [0, 0.1) is 0 Å². The van der Waals surface area contributed by atoms with Gasteiger partial charge >= 0.3 is 5.97 Å². The molecule has 16 heavy (non-hydrogen) atoms. The molecule has 0 bridgehead atoms. The SMILES string of the molecule is CCOC(=O)CC(=O)c1cc(CC)sc1Cl. The van der Waals surface area contributed by atoms with E-state index in [1.54, 1.807) is 13.0 Å². The molecule has 0 atom stereocenters. The number of thiophene rings is 1. The minimum Gasteiger partial charge on any atom is -0.466 e. The van der Waals surface area contributed by atoms with Crippen molar-refractivity contribution >= 4 is 34.7 Å². The molecule has 1 aromatic rings. The molecular formula is C11H13ClO3S. The average Bonchev–Trinajstić information content (AvgIpc) is 2.60. The monoisotopic (exact) mass is 260 g/mol. The fourth-order valence-corrected chi connectivity index (χ4v) is 2.51. The third-order valence-corrected chi connectivity index (χ3v) is 3.50. The van der Waals surface area contributed by atoms with Crippen molar-refractivity contribution in [1.29, 1.82) is 0 Å². The first-order chi connectivity index (χ1) is 7.58. The Bertz CT molecular complexity index is 398. The number of hydrogen-bond donors (Lipinski definition) is 0. The molecule has 1 aromatic heterocycles. The van der Waals surface area contributed by atoms with Gasteiger partial charge in [0.15, 0.2) is 5.78 Å². The van der Waals surface area contributed by atoms with Crippen LogP contribution in [0.3, 0.4) is 0 Å². The summed E-state index contributed by atoms with van der Waals surface area (Å²) in [5.41, 5.74) is 0.427. The second-order valence-electron chi connectivity index (χ2n) is 3.16. The molecule has 0 aliphatic carbocycles. The molecule has 0 N–H and O–H groups in total. The highest BCUT2D eigenvalue weighted by Gasteiger charge is 2.17. The van der Waals surface area contributed by atoms with Crippen molar-refractivity contribution in [1.82, 2.24) is 0 Å². The van der Waals surface area contributed by atoms with E-state index in [4.69, 9.17) is 16.3 Å². The molecule has 5 heteroatoms. The largest absolute Gasteiger partial charge is 0.466 e. The van der Waals surface area contributed by atoms with Gasteiger partial charge in [-0.05, 0) is 19.4 Å². The Kier molecular flexibility index (Phi) is 4.96. The van der Waals surface area contributed by atoms with Crippen LogP contribution in [0.4, 0.5) is 0 Å². The molecule has 3 nitrogen and oxygen atoms in total. The number of carbonyl (C=O) groups is 2. The lowest BCUT2D eigenvalue weighted by Crippen LogP contribution is -2.11. The maximum atomic E-state index is 11.7. The molecule has 0 fully saturated rings. The molecule has 0 aliphatic heterocycles. The fourth-order valence-electron chi connectivity index (χ4n) is 1.22. The number of Topliss-reactive ketones (excluding diaryl/α,β-unsaturated/α-hetero) is 1. The molecule has 0 aliphatic rings. The first-order valence-electron chi connectivity index (χ1n) is 5.05. The Morgan fingerprint density at radius 3 is 2.62 bits per heavy atom. The molecular weight excluding hydrogens is 248 g/mol. The second-order valence-corrected chi connectivity index (χ2v) is 4.90. The van der Waals surface area contributed by atoms with E-state index in [1.165, 1.54) is 11.3 Å². The van der Waals surface area contributed by atoms with Gasteiger partial charge in [-0.2, -0.15) is 0 Å². The van der Waals surface area contributed by atoms with Crippen molar-refractivity contribution in [3.05, 3.63) is 20.8 Å². The van der Waals surface area contributed by atoms with Crippen molar-refractivity contribution in [2.75, 3.05) is 6.61 Å². The van der Waals surface area contributed by atoms with Gasteiger partial charge in [0.2, 0.25) is 0 Å². The normalized spacial score (nSPS) is 10.2. The zero-order valence-corrected chi connectivity index (χ0v) is 10.8. The van der Waals surface area contributed by atoms with E-state index in [-0.39, 0.29) is 18.8 Å². The lowest BCUT2D eigenvalue weighted by atomic mass is 10.1. The Morgan fingerprint density at radius 1 is 1.44 bits per heavy atom. The highest BCUT2D eigenvalue weighted by Crippen LogP contribution is 2.28. The minimum atomic E-state index is -0.507. The fraction of sp³-hybridized carbons (Fsp3) is 0.455. The van der Waals surface area contributed by atoms with Crippen LogP contribution in [0.25, 0.3) is 0 Å². The van der Waals surface area contributed by atoms with Crippen LogP contribution in [-0.4, -0.2) is 18.4 Å². The number of rotatable bonds is 5. The number of aryl methyl sites for hydroxylation is 1. The first kappa shape index (κ1) is 13.2. The van der Waals surface area contributed by atoms with Crippen LogP contribution < -0.4 is 0 Å². The number of halogens is 1. The van der Waals surface area contributed by atoms with E-state index >= 15 is 0 Å². The average molecular weight is 261 g/mol. The molecule has 0 spiro atoms. The Balaban J connectivity index is 2.72. The van der Waals surface area contributed by atoms with Gasteiger partial charge in [0, 0.05) is 10.4 Å². The van der Waals surface area contributed by atoms with E-state index in [0.717, 1.165) is 11.3 Å². The summed E-state index contributed by atoms with van der Waals surface area (Å²) in [6.45, 7) is 3.97. The van der Waals surface area contributed by atoms with E-state index < -0.39 is 5.97 Å².